The maximum atomic E-state index is 14.2. The maximum absolute atomic E-state index is 14.2. The molecule has 2 aromatic heterocycles. The van der Waals surface area contributed by atoms with E-state index in [-0.39, 0.29) is 60.6 Å². The number of imidazole rings is 1. The van der Waals surface area contributed by atoms with Gasteiger partial charge >= 0.3 is 15.5 Å². The van der Waals surface area contributed by atoms with Crippen LogP contribution in [0.25, 0.3) is 17.0 Å². The zero-order valence-corrected chi connectivity index (χ0v) is 21.9. The number of benzene rings is 1. The highest BCUT2D eigenvalue weighted by Crippen LogP contribution is 2.33. The molecule has 12 nitrogen and oxygen atoms in total. The van der Waals surface area contributed by atoms with E-state index in [2.05, 4.69) is 19.9 Å². The van der Waals surface area contributed by atoms with Gasteiger partial charge in [-0.1, -0.05) is 6.07 Å². The molecule has 40 heavy (non-hydrogen) atoms. The van der Waals surface area contributed by atoms with Gasteiger partial charge in [0.1, 0.15) is 11.3 Å². The van der Waals surface area contributed by atoms with Crippen molar-refractivity contribution in [3.05, 3.63) is 24.0 Å². The smallest absolute Gasteiger partial charge is 0.494 e. The molecule has 1 aromatic carbocycles. The molecule has 5 rings (SSSR count). The first kappa shape index (κ1) is 28.2. The largest absolute Gasteiger partial charge is 0.511 e. The normalized spacial score (nSPS) is 17.7. The van der Waals surface area contributed by atoms with E-state index in [0.717, 1.165) is 4.57 Å². The molecular weight excluding hydrogens is 567 g/mol. The van der Waals surface area contributed by atoms with Crippen molar-refractivity contribution >= 4 is 33.0 Å². The summed E-state index contributed by atoms with van der Waals surface area (Å²) in [5, 5.41) is 0. The Hall–Kier alpha value is -3.38. The summed E-state index contributed by atoms with van der Waals surface area (Å²) in [6.07, 6.45) is -2.91. The number of halogens is 5. The molecule has 0 atom stereocenters. The van der Waals surface area contributed by atoms with E-state index >= 15 is 0 Å². The predicted molar refractivity (Wildman–Crippen MR) is 132 cm³/mol. The third kappa shape index (κ3) is 5.46. The van der Waals surface area contributed by atoms with Crippen molar-refractivity contribution in [1.82, 2.24) is 29.2 Å². The van der Waals surface area contributed by atoms with Crippen LogP contribution in [0.5, 0.6) is 5.75 Å². The number of methoxy groups -OCH3 is 1. The van der Waals surface area contributed by atoms with E-state index in [0.29, 0.717) is 26.3 Å². The van der Waals surface area contributed by atoms with Crippen LogP contribution < -0.4 is 19.3 Å². The van der Waals surface area contributed by atoms with Gasteiger partial charge in [0.15, 0.2) is 5.82 Å². The second-order valence-corrected chi connectivity index (χ2v) is 10.8. The van der Waals surface area contributed by atoms with Gasteiger partial charge in [-0.05, 0) is 25.0 Å². The highest BCUT2D eigenvalue weighted by Gasteiger charge is 2.47. The summed E-state index contributed by atoms with van der Waals surface area (Å²) >= 11 is 0. The summed E-state index contributed by atoms with van der Waals surface area (Å²) in [6.45, 7) is 1.88. The number of nitrogens with one attached hydrogen (secondary N) is 1. The van der Waals surface area contributed by atoms with Crippen LogP contribution in [0.15, 0.2) is 18.2 Å². The second-order valence-electron chi connectivity index (χ2n) is 9.10. The molecule has 3 aromatic rings. The van der Waals surface area contributed by atoms with Crippen LogP contribution in [0, 0.1) is 0 Å². The average Bonchev–Trinajstić information content (AvgIpc) is 3.33. The van der Waals surface area contributed by atoms with Crippen molar-refractivity contribution in [2.75, 3.05) is 56.3 Å². The zero-order valence-electron chi connectivity index (χ0n) is 21.1. The Morgan fingerprint density at radius 3 is 2.15 bits per heavy atom. The van der Waals surface area contributed by atoms with Gasteiger partial charge in [0.2, 0.25) is 17.8 Å². The number of nitrogens with zero attached hydrogens (tertiary/aromatic N) is 7. The molecule has 0 aliphatic carbocycles. The van der Waals surface area contributed by atoms with Gasteiger partial charge in [0, 0.05) is 32.2 Å². The Balaban J connectivity index is 1.53. The van der Waals surface area contributed by atoms with Crippen molar-refractivity contribution in [3.8, 4) is 11.7 Å². The van der Waals surface area contributed by atoms with Gasteiger partial charge in [0.25, 0.3) is 6.43 Å². The Bertz CT molecular complexity index is 1470. The number of hydrogen-bond acceptors (Lipinski definition) is 10. The number of morpholine rings is 1. The standard InChI is InChI=1S/C22H25F5N8O4S/c1-38-15-4-2-3-14-16(15)28-18(17(23)24)35(14)21-30-19(29-20(31-21)34-9-11-39-12-10-34)33-7-5-13(6-8-33)32-40(36,37)22(25,26)27/h2-4,13,17,32H,5-12H2,1H3. The summed E-state index contributed by atoms with van der Waals surface area (Å²) in [6, 6.07) is 3.84. The van der Waals surface area contributed by atoms with Crippen molar-refractivity contribution in [2.24, 2.45) is 0 Å². The maximum Gasteiger partial charge on any atom is 0.511 e. The number of anilines is 2. The van der Waals surface area contributed by atoms with Gasteiger partial charge in [-0.3, -0.25) is 4.57 Å². The fraction of sp³-hybridized carbons (Fsp3) is 0.545. The molecule has 2 fully saturated rings. The first-order chi connectivity index (χ1) is 19.0. The van der Waals surface area contributed by atoms with Gasteiger partial charge in [-0.2, -0.15) is 28.1 Å². The Kier molecular flexibility index (Phi) is 7.66. The van der Waals surface area contributed by atoms with E-state index in [4.69, 9.17) is 9.47 Å². The van der Waals surface area contributed by atoms with Crippen molar-refractivity contribution < 1.29 is 39.8 Å². The minimum Gasteiger partial charge on any atom is -0.494 e. The molecule has 18 heteroatoms. The number of alkyl halides is 5. The van der Waals surface area contributed by atoms with E-state index in [1.54, 1.807) is 27.8 Å². The number of para-hydroxylation sites is 1. The van der Waals surface area contributed by atoms with E-state index in [1.807, 2.05) is 4.90 Å². The summed E-state index contributed by atoms with van der Waals surface area (Å²) < 4.78 is 103. The van der Waals surface area contributed by atoms with Gasteiger partial charge in [-0.15, -0.1) is 0 Å². The highest BCUT2D eigenvalue weighted by molar-refractivity contribution is 7.90. The molecule has 0 radical (unpaired) electrons. The minimum absolute atomic E-state index is 0.0384. The Labute approximate surface area is 225 Å². The lowest BCUT2D eigenvalue weighted by atomic mass is 10.1. The number of ether oxygens (including phenoxy) is 2. The lowest BCUT2D eigenvalue weighted by molar-refractivity contribution is -0.0451. The SMILES string of the molecule is COc1cccc2c1nc(C(F)F)n2-c1nc(N2CCOCC2)nc(N2CCC(NS(=O)(=O)C(F)(F)F)CC2)n1. The van der Waals surface area contributed by atoms with Crippen LogP contribution in [0.2, 0.25) is 0 Å². The molecule has 4 heterocycles. The molecule has 0 amide bonds. The summed E-state index contributed by atoms with van der Waals surface area (Å²) in [4.78, 5) is 21.0. The average molecular weight is 593 g/mol. The molecule has 2 saturated heterocycles. The second kappa shape index (κ2) is 10.9. The molecule has 218 valence electrons. The zero-order chi connectivity index (χ0) is 28.7. The monoisotopic (exact) mass is 592 g/mol. The number of fused-ring (bicyclic) bond motifs is 1. The van der Waals surface area contributed by atoms with Crippen LogP contribution in [-0.2, 0) is 14.8 Å². The molecule has 0 unspecified atom stereocenters. The molecule has 0 saturated carbocycles. The summed E-state index contributed by atoms with van der Waals surface area (Å²) in [7, 11) is -4.10. The molecular formula is C22H25F5N8O4S. The molecule has 1 N–H and O–H groups in total. The van der Waals surface area contributed by atoms with Crippen LogP contribution in [0.1, 0.15) is 25.1 Å². The topological polar surface area (TPSA) is 128 Å². The fourth-order valence-electron chi connectivity index (χ4n) is 4.59. The first-order valence-corrected chi connectivity index (χ1v) is 13.7. The number of piperidine rings is 1. The van der Waals surface area contributed by atoms with Crippen molar-refractivity contribution in [2.45, 2.75) is 30.8 Å². The first-order valence-electron chi connectivity index (χ1n) is 12.2. The van der Waals surface area contributed by atoms with E-state index in [1.165, 1.54) is 7.11 Å². The van der Waals surface area contributed by atoms with Crippen LogP contribution in [0.3, 0.4) is 0 Å². The quantitative estimate of drug-likeness (QED) is 0.409. The van der Waals surface area contributed by atoms with Crippen LogP contribution >= 0.6 is 0 Å². The molecule has 2 aliphatic rings. The third-order valence-corrected chi connectivity index (χ3v) is 7.84. The van der Waals surface area contributed by atoms with Crippen LogP contribution in [-0.4, -0.2) is 91.0 Å². The summed E-state index contributed by atoms with van der Waals surface area (Å²) in [5.74, 6) is -0.145. The van der Waals surface area contributed by atoms with Crippen LogP contribution in [0.4, 0.5) is 33.8 Å². The number of sulfonamides is 1. The molecule has 0 spiro atoms. The summed E-state index contributed by atoms with van der Waals surface area (Å²) in [5.41, 5.74) is -4.95. The highest BCUT2D eigenvalue weighted by atomic mass is 32.2. The number of rotatable bonds is 7. The van der Waals surface area contributed by atoms with E-state index < -0.39 is 33.8 Å². The Morgan fingerprint density at radius 1 is 0.975 bits per heavy atom. The number of aromatic nitrogens is 5. The van der Waals surface area contributed by atoms with Gasteiger partial charge in [0.05, 0.1) is 25.8 Å². The Morgan fingerprint density at radius 2 is 1.57 bits per heavy atom. The van der Waals surface area contributed by atoms with Crippen molar-refractivity contribution in [3.63, 3.8) is 0 Å². The van der Waals surface area contributed by atoms with Gasteiger partial charge in [-0.25, -0.2) is 26.9 Å². The molecule has 0 bridgehead atoms. The third-order valence-electron chi connectivity index (χ3n) is 6.59. The number of hydrogen-bond donors (Lipinski definition) is 1. The molecule has 2 aliphatic heterocycles. The lowest BCUT2D eigenvalue weighted by Crippen LogP contribution is -2.48. The lowest BCUT2D eigenvalue weighted by Gasteiger charge is -2.33. The fourth-order valence-corrected chi connectivity index (χ4v) is 5.39. The van der Waals surface area contributed by atoms with Gasteiger partial charge < -0.3 is 19.3 Å². The van der Waals surface area contributed by atoms with E-state index in [9.17, 15) is 30.4 Å². The predicted octanol–water partition coefficient (Wildman–Crippen LogP) is 2.40. The van der Waals surface area contributed by atoms with Crippen molar-refractivity contribution in [1.29, 1.82) is 0 Å². The minimum atomic E-state index is -5.50.